The number of carbonyl (C=O) groups is 3. The van der Waals surface area contributed by atoms with Gasteiger partial charge in [0.1, 0.15) is 11.9 Å². The van der Waals surface area contributed by atoms with E-state index in [1.54, 1.807) is 19.1 Å². The number of piperazine rings is 1. The number of nitrogens with zero attached hydrogens (tertiary/aromatic N) is 4. The quantitative estimate of drug-likeness (QED) is 0.615. The predicted octanol–water partition coefficient (Wildman–Crippen LogP) is 2.36. The van der Waals surface area contributed by atoms with Gasteiger partial charge in [-0.2, -0.15) is 0 Å². The molecule has 0 unspecified atom stereocenters. The maximum absolute atomic E-state index is 13.4. The summed E-state index contributed by atoms with van der Waals surface area (Å²) in [5.41, 5.74) is 0. The highest BCUT2D eigenvalue weighted by Gasteiger charge is 2.38. The van der Waals surface area contributed by atoms with Crippen LogP contribution < -0.4 is 4.74 Å². The number of likely N-dealkylation sites (tertiary alicyclic amines) is 2. The fourth-order valence-electron chi connectivity index (χ4n) is 5.36. The first-order valence-electron chi connectivity index (χ1n) is 12.7. The number of hydrogen-bond acceptors (Lipinski definition) is 5. The molecule has 0 N–H and O–H groups in total. The van der Waals surface area contributed by atoms with Crippen LogP contribution in [0.15, 0.2) is 24.3 Å². The summed E-state index contributed by atoms with van der Waals surface area (Å²) in [5, 5.41) is 0.649. The number of rotatable bonds is 5. The van der Waals surface area contributed by atoms with Crippen molar-refractivity contribution in [2.24, 2.45) is 11.8 Å². The summed E-state index contributed by atoms with van der Waals surface area (Å²) in [6.45, 7) is 7.21. The first kappa shape index (κ1) is 25.8. The van der Waals surface area contributed by atoms with Crippen molar-refractivity contribution in [3.05, 3.63) is 29.3 Å². The Morgan fingerprint density at radius 2 is 1.51 bits per heavy atom. The molecule has 0 radical (unpaired) electrons. The summed E-state index contributed by atoms with van der Waals surface area (Å²) in [7, 11) is 2.07. The molecule has 1 aromatic rings. The molecule has 3 heterocycles. The minimum Gasteiger partial charge on any atom is -0.490 e. The lowest BCUT2D eigenvalue weighted by molar-refractivity contribution is -0.144. The van der Waals surface area contributed by atoms with Crippen LogP contribution in [0.2, 0.25) is 5.02 Å². The van der Waals surface area contributed by atoms with Crippen molar-refractivity contribution in [2.45, 2.75) is 38.7 Å². The Balaban J connectivity index is 1.41. The number of likely N-dealkylation sites (N-methyl/N-ethyl adjacent to an activating group) is 1. The van der Waals surface area contributed by atoms with E-state index in [1.807, 2.05) is 26.8 Å². The first-order valence-corrected chi connectivity index (χ1v) is 13.1. The predicted molar refractivity (Wildman–Crippen MR) is 134 cm³/mol. The minimum absolute atomic E-state index is 0.0617. The van der Waals surface area contributed by atoms with Gasteiger partial charge in [0.05, 0.1) is 0 Å². The fourth-order valence-corrected chi connectivity index (χ4v) is 5.48. The molecule has 0 saturated carbocycles. The number of carbonyl (C=O) groups excluding carboxylic acids is 3. The van der Waals surface area contributed by atoms with E-state index in [1.165, 1.54) is 0 Å². The van der Waals surface area contributed by atoms with Crippen molar-refractivity contribution in [3.63, 3.8) is 0 Å². The van der Waals surface area contributed by atoms with Gasteiger partial charge in [-0.3, -0.25) is 14.4 Å². The molecule has 3 amide bonds. The third-order valence-electron chi connectivity index (χ3n) is 7.66. The van der Waals surface area contributed by atoms with Gasteiger partial charge < -0.3 is 24.3 Å². The van der Waals surface area contributed by atoms with Crippen molar-refractivity contribution >= 4 is 29.3 Å². The molecule has 3 aliphatic rings. The van der Waals surface area contributed by atoms with Gasteiger partial charge in [0, 0.05) is 89.0 Å². The number of ether oxygens (including phenoxy) is 1. The van der Waals surface area contributed by atoms with Crippen molar-refractivity contribution in [1.82, 2.24) is 19.6 Å². The summed E-state index contributed by atoms with van der Waals surface area (Å²) >= 11 is 6.03. The van der Waals surface area contributed by atoms with Crippen molar-refractivity contribution in [3.8, 4) is 5.75 Å². The van der Waals surface area contributed by atoms with Gasteiger partial charge in [-0.05, 0) is 44.2 Å². The Labute approximate surface area is 213 Å². The molecule has 3 saturated heterocycles. The van der Waals surface area contributed by atoms with Crippen LogP contribution in [0.3, 0.4) is 0 Å². The lowest BCUT2D eigenvalue weighted by Gasteiger charge is -2.41. The molecule has 9 heteroatoms. The molecule has 3 fully saturated rings. The van der Waals surface area contributed by atoms with Crippen LogP contribution in [0.1, 0.15) is 32.6 Å². The van der Waals surface area contributed by atoms with Crippen LogP contribution in [-0.4, -0.2) is 103 Å². The van der Waals surface area contributed by atoms with E-state index >= 15 is 0 Å². The molecular weight excluding hydrogens is 468 g/mol. The van der Waals surface area contributed by atoms with E-state index < -0.39 is 0 Å². The zero-order chi connectivity index (χ0) is 24.9. The number of piperidine rings is 2. The highest BCUT2D eigenvalue weighted by atomic mass is 35.5. The van der Waals surface area contributed by atoms with E-state index in [4.69, 9.17) is 16.3 Å². The van der Waals surface area contributed by atoms with E-state index in [0.29, 0.717) is 56.9 Å². The number of hydrogen-bond donors (Lipinski definition) is 0. The molecule has 4 rings (SSSR count). The van der Waals surface area contributed by atoms with Crippen LogP contribution in [0, 0.1) is 11.8 Å². The Hall–Kier alpha value is -2.32. The largest absolute Gasteiger partial charge is 0.490 e. The zero-order valence-electron chi connectivity index (χ0n) is 20.8. The van der Waals surface area contributed by atoms with E-state index in [0.717, 1.165) is 31.9 Å². The summed E-state index contributed by atoms with van der Waals surface area (Å²) in [4.78, 5) is 46.1. The second kappa shape index (κ2) is 11.6. The van der Waals surface area contributed by atoms with Crippen molar-refractivity contribution < 1.29 is 19.1 Å². The van der Waals surface area contributed by atoms with E-state index in [9.17, 15) is 14.4 Å². The maximum Gasteiger partial charge on any atom is 0.225 e. The Kier molecular flexibility index (Phi) is 8.55. The number of benzene rings is 1. The third-order valence-corrected chi connectivity index (χ3v) is 7.91. The van der Waals surface area contributed by atoms with E-state index in [2.05, 4.69) is 11.9 Å². The molecule has 0 aromatic heterocycles. The second-order valence-corrected chi connectivity index (χ2v) is 10.5. The van der Waals surface area contributed by atoms with Gasteiger partial charge in [-0.1, -0.05) is 11.6 Å². The molecule has 35 heavy (non-hydrogen) atoms. The summed E-state index contributed by atoms with van der Waals surface area (Å²) in [6.07, 6.45) is 2.31. The molecular formula is C26H37ClN4O4. The Morgan fingerprint density at radius 3 is 2.14 bits per heavy atom. The number of amides is 3. The normalized spacial score (nSPS) is 24.4. The Morgan fingerprint density at radius 1 is 0.886 bits per heavy atom. The standard InChI is InChI=1S/C26H37ClN4O4/c1-19(32)29-10-7-20(8-11-29)26(34)31-12-9-24(35-23-5-3-22(27)4-6-23)21(18-31)17-25(33)30-15-13-28(2)14-16-30/h3-6,20-21,24H,7-18H2,1-2H3/t21-,24-/m0/s1. The maximum atomic E-state index is 13.4. The molecule has 192 valence electrons. The Bertz CT molecular complexity index is 895. The molecule has 8 nitrogen and oxygen atoms in total. The fraction of sp³-hybridized carbons (Fsp3) is 0.654. The first-order chi connectivity index (χ1) is 16.8. The van der Waals surface area contributed by atoms with Crippen LogP contribution in [0.4, 0.5) is 0 Å². The lowest BCUT2D eigenvalue weighted by atomic mass is 9.88. The van der Waals surface area contributed by atoms with Crippen LogP contribution in [-0.2, 0) is 14.4 Å². The molecule has 1 aromatic carbocycles. The highest BCUT2D eigenvalue weighted by molar-refractivity contribution is 6.30. The monoisotopic (exact) mass is 504 g/mol. The summed E-state index contributed by atoms with van der Waals surface area (Å²) in [6, 6.07) is 7.30. The molecule has 3 aliphatic heterocycles. The van der Waals surface area contributed by atoms with Crippen molar-refractivity contribution in [2.75, 3.05) is 59.4 Å². The summed E-state index contributed by atoms with van der Waals surface area (Å²) < 4.78 is 6.32. The third kappa shape index (κ3) is 6.67. The van der Waals surface area contributed by atoms with Crippen LogP contribution in [0.25, 0.3) is 0 Å². The second-order valence-electron chi connectivity index (χ2n) is 10.1. The average molecular weight is 505 g/mol. The minimum atomic E-state index is -0.142. The SMILES string of the molecule is CC(=O)N1CCC(C(=O)N2CC[C@H](Oc3ccc(Cl)cc3)[C@@H](CC(=O)N3CCN(C)CC3)C2)CC1. The topological polar surface area (TPSA) is 73.4 Å². The van der Waals surface area contributed by atoms with Gasteiger partial charge in [0.15, 0.2) is 0 Å². The average Bonchev–Trinajstić information content (AvgIpc) is 2.86. The molecule has 0 bridgehead atoms. The van der Waals surface area contributed by atoms with Crippen LogP contribution >= 0.6 is 11.6 Å². The van der Waals surface area contributed by atoms with Crippen LogP contribution in [0.5, 0.6) is 5.75 Å². The lowest BCUT2D eigenvalue weighted by Crippen LogP contribution is -2.53. The summed E-state index contributed by atoms with van der Waals surface area (Å²) in [5.74, 6) is 0.944. The van der Waals surface area contributed by atoms with Gasteiger partial charge in [-0.15, -0.1) is 0 Å². The van der Waals surface area contributed by atoms with Gasteiger partial charge in [0.25, 0.3) is 0 Å². The smallest absolute Gasteiger partial charge is 0.225 e. The highest BCUT2D eigenvalue weighted by Crippen LogP contribution is 2.29. The molecule has 2 atom stereocenters. The zero-order valence-corrected chi connectivity index (χ0v) is 21.6. The van der Waals surface area contributed by atoms with Gasteiger partial charge in [-0.25, -0.2) is 0 Å². The molecule has 0 spiro atoms. The van der Waals surface area contributed by atoms with E-state index in [-0.39, 0.29) is 35.7 Å². The number of halogens is 1. The van der Waals surface area contributed by atoms with Gasteiger partial charge >= 0.3 is 0 Å². The van der Waals surface area contributed by atoms with Gasteiger partial charge in [0.2, 0.25) is 17.7 Å². The molecule has 0 aliphatic carbocycles. The van der Waals surface area contributed by atoms with Crippen molar-refractivity contribution in [1.29, 1.82) is 0 Å².